The lowest BCUT2D eigenvalue weighted by molar-refractivity contribution is -0.929. The van der Waals surface area contributed by atoms with Crippen molar-refractivity contribution in [2.45, 2.75) is 161 Å². The van der Waals surface area contributed by atoms with E-state index >= 15 is 0 Å². The Bertz CT molecular complexity index is 628. The summed E-state index contributed by atoms with van der Waals surface area (Å²) in [5, 5.41) is 27.3. The van der Waals surface area contributed by atoms with Crippen LogP contribution in [-0.2, 0) is 14.4 Å². The van der Waals surface area contributed by atoms with Crippen LogP contribution in [0, 0.1) is 0 Å². The summed E-state index contributed by atoms with van der Waals surface area (Å²) in [6.07, 6.45) is 29.8. The first-order valence-electron chi connectivity index (χ1n) is 16.9. The standard InChI is InChI=1S/C34H63NO6/c1-2-3-4-5-6-7-8-9-10-11-12-13-14-15-16-17-18-19-20-21-28-35(29-22-25-32(36)37,30-23-26-33(38)39)31-24-27-34(40)41/h2-3H,4-31H2,1H3,(H2-,36,37,38,39,40,41)/p+1/b3-2+. The predicted molar refractivity (Wildman–Crippen MR) is 168 cm³/mol. The molecule has 0 aliphatic rings. The van der Waals surface area contributed by atoms with E-state index in [0.717, 1.165) is 19.4 Å². The van der Waals surface area contributed by atoms with Crippen molar-refractivity contribution in [2.24, 2.45) is 0 Å². The number of aliphatic carboxylic acids is 3. The summed E-state index contributed by atoms with van der Waals surface area (Å²) in [5.74, 6) is -2.47. The normalized spacial score (nSPS) is 11.8. The van der Waals surface area contributed by atoms with Gasteiger partial charge in [0.05, 0.1) is 45.4 Å². The minimum absolute atomic E-state index is 0.0927. The number of hydrogen-bond acceptors (Lipinski definition) is 3. The lowest BCUT2D eigenvalue weighted by Crippen LogP contribution is -2.51. The fourth-order valence-corrected chi connectivity index (χ4v) is 5.90. The van der Waals surface area contributed by atoms with Crippen LogP contribution in [0.4, 0.5) is 0 Å². The monoisotopic (exact) mass is 582 g/mol. The first kappa shape index (κ1) is 39.1. The molecule has 0 spiro atoms. The molecule has 41 heavy (non-hydrogen) atoms. The molecule has 0 heterocycles. The highest BCUT2D eigenvalue weighted by Gasteiger charge is 2.27. The summed E-state index contributed by atoms with van der Waals surface area (Å²) in [6.45, 7) is 4.97. The van der Waals surface area contributed by atoms with Crippen molar-refractivity contribution in [3.8, 4) is 0 Å². The van der Waals surface area contributed by atoms with E-state index in [0.29, 0.717) is 43.4 Å². The zero-order valence-corrected chi connectivity index (χ0v) is 26.5. The number of quaternary nitrogens is 1. The van der Waals surface area contributed by atoms with E-state index in [1.165, 1.54) is 103 Å². The van der Waals surface area contributed by atoms with E-state index in [2.05, 4.69) is 19.1 Å². The minimum atomic E-state index is -0.823. The number of rotatable bonds is 32. The van der Waals surface area contributed by atoms with Crippen molar-refractivity contribution in [3.05, 3.63) is 12.2 Å². The van der Waals surface area contributed by atoms with E-state index in [1.807, 2.05) is 0 Å². The SMILES string of the molecule is C/C=C/CCCCCCCCCCCCCCCCCCC[N+](CCCC(=O)O)(CCCC(=O)O)CCCC(=O)O. The quantitative estimate of drug-likeness (QED) is 0.0414. The Morgan fingerprint density at radius 1 is 0.439 bits per heavy atom. The molecule has 0 bridgehead atoms. The number of unbranched alkanes of at least 4 members (excludes halogenated alkanes) is 17. The van der Waals surface area contributed by atoms with Crippen LogP contribution < -0.4 is 0 Å². The molecule has 0 fully saturated rings. The maximum Gasteiger partial charge on any atom is 0.303 e. The summed E-state index contributed by atoms with van der Waals surface area (Å²) in [7, 11) is 0. The van der Waals surface area contributed by atoms with Crippen LogP contribution in [0.15, 0.2) is 12.2 Å². The minimum Gasteiger partial charge on any atom is -0.481 e. The van der Waals surface area contributed by atoms with E-state index < -0.39 is 17.9 Å². The summed E-state index contributed by atoms with van der Waals surface area (Å²) in [5.41, 5.74) is 0. The zero-order valence-electron chi connectivity index (χ0n) is 26.5. The second-order valence-corrected chi connectivity index (χ2v) is 12.1. The highest BCUT2D eigenvalue weighted by Crippen LogP contribution is 2.19. The molecule has 0 aliphatic carbocycles. The van der Waals surface area contributed by atoms with Gasteiger partial charge in [0.2, 0.25) is 0 Å². The molecule has 240 valence electrons. The number of allylic oxidation sites excluding steroid dienone is 2. The topological polar surface area (TPSA) is 112 Å². The third kappa shape index (κ3) is 28.0. The molecule has 0 saturated carbocycles. The van der Waals surface area contributed by atoms with E-state index in [-0.39, 0.29) is 19.3 Å². The Kier molecular flexibility index (Phi) is 26.9. The first-order valence-corrected chi connectivity index (χ1v) is 16.9. The molecule has 3 N–H and O–H groups in total. The zero-order chi connectivity index (χ0) is 30.4. The highest BCUT2D eigenvalue weighted by atomic mass is 16.4. The van der Waals surface area contributed by atoms with Gasteiger partial charge in [-0.15, -0.1) is 0 Å². The molecule has 0 unspecified atom stereocenters. The maximum atomic E-state index is 11.1. The van der Waals surface area contributed by atoms with Crippen LogP contribution in [0.3, 0.4) is 0 Å². The number of carboxylic acid groups (broad SMARTS) is 3. The van der Waals surface area contributed by atoms with E-state index in [1.54, 1.807) is 0 Å². The first-order chi connectivity index (χ1) is 19.8. The highest BCUT2D eigenvalue weighted by molar-refractivity contribution is 5.67. The molecule has 0 radical (unpaired) electrons. The van der Waals surface area contributed by atoms with Crippen LogP contribution in [0.1, 0.15) is 161 Å². The summed E-state index contributed by atoms with van der Waals surface area (Å²) in [4.78, 5) is 33.2. The average Bonchev–Trinajstić information content (AvgIpc) is 2.91. The Balaban J connectivity index is 4.04. The Morgan fingerprint density at radius 3 is 1.00 bits per heavy atom. The van der Waals surface area contributed by atoms with Crippen LogP contribution in [0.2, 0.25) is 0 Å². The van der Waals surface area contributed by atoms with Gasteiger partial charge in [-0.3, -0.25) is 14.4 Å². The van der Waals surface area contributed by atoms with Crippen LogP contribution in [0.25, 0.3) is 0 Å². The van der Waals surface area contributed by atoms with Crippen molar-refractivity contribution in [1.29, 1.82) is 0 Å². The van der Waals surface area contributed by atoms with Gasteiger partial charge in [0.1, 0.15) is 0 Å². The van der Waals surface area contributed by atoms with Crippen LogP contribution >= 0.6 is 0 Å². The van der Waals surface area contributed by atoms with Gasteiger partial charge >= 0.3 is 17.9 Å². The van der Waals surface area contributed by atoms with Crippen molar-refractivity contribution in [3.63, 3.8) is 0 Å². The van der Waals surface area contributed by atoms with Gasteiger partial charge in [0, 0.05) is 19.3 Å². The Morgan fingerprint density at radius 2 is 0.707 bits per heavy atom. The van der Waals surface area contributed by atoms with Gasteiger partial charge in [-0.05, 0) is 32.6 Å². The summed E-state index contributed by atoms with van der Waals surface area (Å²) in [6, 6.07) is 0. The van der Waals surface area contributed by atoms with Gasteiger partial charge in [-0.1, -0.05) is 102 Å². The molecule has 7 heteroatoms. The molecule has 0 aromatic heterocycles. The predicted octanol–water partition coefficient (Wildman–Crippen LogP) is 9.00. The van der Waals surface area contributed by atoms with Gasteiger partial charge in [0.15, 0.2) is 0 Å². The van der Waals surface area contributed by atoms with Crippen molar-refractivity contribution < 1.29 is 34.2 Å². The second kappa shape index (κ2) is 28.2. The molecule has 0 atom stereocenters. The third-order valence-corrected chi connectivity index (χ3v) is 8.31. The fourth-order valence-electron chi connectivity index (χ4n) is 5.90. The largest absolute Gasteiger partial charge is 0.481 e. The lowest BCUT2D eigenvalue weighted by Gasteiger charge is -2.39. The number of nitrogens with zero attached hydrogens (tertiary/aromatic N) is 1. The van der Waals surface area contributed by atoms with Crippen molar-refractivity contribution in [1.82, 2.24) is 0 Å². The number of hydrogen-bond donors (Lipinski definition) is 3. The van der Waals surface area contributed by atoms with Crippen LogP contribution in [0.5, 0.6) is 0 Å². The average molecular weight is 583 g/mol. The van der Waals surface area contributed by atoms with E-state index in [4.69, 9.17) is 15.3 Å². The third-order valence-electron chi connectivity index (χ3n) is 8.31. The Labute approximate surface area is 251 Å². The molecular formula is C34H64NO6+. The second-order valence-electron chi connectivity index (χ2n) is 12.1. The molecule has 0 aromatic rings. The smallest absolute Gasteiger partial charge is 0.303 e. The molecule has 0 saturated heterocycles. The van der Waals surface area contributed by atoms with Gasteiger partial charge < -0.3 is 19.8 Å². The van der Waals surface area contributed by atoms with Gasteiger partial charge in [-0.25, -0.2) is 0 Å². The van der Waals surface area contributed by atoms with Crippen molar-refractivity contribution >= 4 is 17.9 Å². The molecular weight excluding hydrogens is 518 g/mol. The Hall–Kier alpha value is -1.89. The maximum absolute atomic E-state index is 11.1. The van der Waals surface area contributed by atoms with Gasteiger partial charge in [0.25, 0.3) is 0 Å². The molecule has 0 aliphatic heterocycles. The van der Waals surface area contributed by atoms with Gasteiger partial charge in [-0.2, -0.15) is 0 Å². The molecule has 0 aromatic carbocycles. The summed E-state index contributed by atoms with van der Waals surface area (Å²) < 4.78 is 0.644. The molecule has 0 amide bonds. The molecule has 7 nitrogen and oxygen atoms in total. The number of carboxylic acids is 3. The lowest BCUT2D eigenvalue weighted by atomic mass is 10.0. The number of carbonyl (C=O) groups is 3. The fraction of sp³-hybridized carbons (Fsp3) is 0.853. The molecule has 0 rings (SSSR count). The summed E-state index contributed by atoms with van der Waals surface area (Å²) >= 11 is 0. The van der Waals surface area contributed by atoms with E-state index in [9.17, 15) is 14.4 Å². The van der Waals surface area contributed by atoms with Crippen molar-refractivity contribution in [2.75, 3.05) is 26.2 Å². The van der Waals surface area contributed by atoms with Crippen LogP contribution in [-0.4, -0.2) is 63.9 Å².